The third kappa shape index (κ3) is 3.22. The van der Waals surface area contributed by atoms with Crippen LogP contribution in [0.5, 0.6) is 0 Å². The zero-order valence-electron chi connectivity index (χ0n) is 11.7. The summed E-state index contributed by atoms with van der Waals surface area (Å²) in [5.41, 5.74) is 2.38. The highest BCUT2D eigenvalue weighted by Crippen LogP contribution is 2.31. The Labute approximate surface area is 110 Å². The van der Waals surface area contributed by atoms with Crippen molar-refractivity contribution in [3.8, 4) is 0 Å². The minimum absolute atomic E-state index is 0.460. The first-order valence-corrected chi connectivity index (χ1v) is 6.87. The molecule has 0 aliphatic carbocycles. The van der Waals surface area contributed by atoms with Crippen molar-refractivity contribution < 1.29 is 5.11 Å². The van der Waals surface area contributed by atoms with Crippen LogP contribution >= 0.6 is 0 Å². The van der Waals surface area contributed by atoms with Gasteiger partial charge in [0.1, 0.15) is 0 Å². The van der Waals surface area contributed by atoms with Crippen LogP contribution in [0.2, 0.25) is 0 Å². The molecule has 1 atom stereocenters. The Morgan fingerprint density at radius 1 is 1.28 bits per heavy atom. The highest BCUT2D eigenvalue weighted by molar-refractivity contribution is 5.44. The van der Waals surface area contributed by atoms with Gasteiger partial charge in [-0.3, -0.25) is 4.98 Å². The average Bonchev–Trinajstić information content (AvgIpc) is 2.50. The van der Waals surface area contributed by atoms with E-state index < -0.39 is 6.10 Å². The summed E-state index contributed by atoms with van der Waals surface area (Å²) in [6, 6.07) is 4.00. The molecule has 1 aliphatic heterocycles. The molecule has 1 aromatic heterocycles. The molecule has 0 amide bonds. The third-order valence-electron chi connectivity index (χ3n) is 3.90. The molecule has 1 N–H and O–H groups in total. The Hall–Kier alpha value is -1.09. The van der Waals surface area contributed by atoms with Crippen LogP contribution in [0.3, 0.4) is 0 Å². The van der Waals surface area contributed by atoms with Crippen LogP contribution in [0.4, 0.5) is 5.69 Å². The molecule has 2 rings (SSSR count). The van der Waals surface area contributed by atoms with Gasteiger partial charge in [0.05, 0.1) is 23.7 Å². The van der Waals surface area contributed by atoms with E-state index in [4.69, 9.17) is 0 Å². The summed E-state index contributed by atoms with van der Waals surface area (Å²) in [6.45, 7) is 8.66. The van der Waals surface area contributed by atoms with Gasteiger partial charge in [-0.05, 0) is 43.7 Å². The zero-order valence-corrected chi connectivity index (χ0v) is 11.7. The molecule has 0 aromatic carbocycles. The highest BCUT2D eigenvalue weighted by atomic mass is 16.3. The van der Waals surface area contributed by atoms with Crippen molar-refractivity contribution >= 4 is 5.69 Å². The van der Waals surface area contributed by atoms with Gasteiger partial charge in [-0.1, -0.05) is 13.8 Å². The van der Waals surface area contributed by atoms with Gasteiger partial charge in [0, 0.05) is 13.1 Å². The SMILES string of the molecule is CC(O)c1ccc(N2CCCC(C)(C)CC2)cn1. The second-order valence-electron chi connectivity index (χ2n) is 6.12. The number of aliphatic hydroxyl groups excluding tert-OH is 1. The molecule has 3 nitrogen and oxygen atoms in total. The van der Waals surface area contributed by atoms with Crippen LogP contribution in [0, 0.1) is 5.41 Å². The lowest BCUT2D eigenvalue weighted by Crippen LogP contribution is -2.25. The zero-order chi connectivity index (χ0) is 13.2. The topological polar surface area (TPSA) is 36.4 Å². The van der Waals surface area contributed by atoms with Gasteiger partial charge >= 0.3 is 0 Å². The van der Waals surface area contributed by atoms with Gasteiger partial charge in [0.15, 0.2) is 0 Å². The maximum absolute atomic E-state index is 9.46. The molecule has 1 fully saturated rings. The third-order valence-corrected chi connectivity index (χ3v) is 3.90. The molecule has 1 aliphatic rings. The molecule has 1 unspecified atom stereocenters. The Kier molecular flexibility index (Phi) is 3.91. The van der Waals surface area contributed by atoms with Crippen LogP contribution in [-0.2, 0) is 0 Å². The smallest absolute Gasteiger partial charge is 0.0931 e. The first-order chi connectivity index (χ1) is 8.48. The number of nitrogens with zero attached hydrogens (tertiary/aromatic N) is 2. The predicted molar refractivity (Wildman–Crippen MR) is 74.7 cm³/mol. The Morgan fingerprint density at radius 3 is 2.67 bits per heavy atom. The second kappa shape index (κ2) is 5.27. The molecule has 0 spiro atoms. The summed E-state index contributed by atoms with van der Waals surface area (Å²) in [7, 11) is 0. The number of hydrogen-bond acceptors (Lipinski definition) is 3. The molecule has 2 heterocycles. The van der Waals surface area contributed by atoms with E-state index in [1.165, 1.54) is 24.9 Å². The molecule has 3 heteroatoms. The van der Waals surface area contributed by atoms with Crippen molar-refractivity contribution in [3.05, 3.63) is 24.0 Å². The van der Waals surface area contributed by atoms with E-state index in [0.717, 1.165) is 18.8 Å². The van der Waals surface area contributed by atoms with Gasteiger partial charge in [-0.2, -0.15) is 0 Å². The van der Waals surface area contributed by atoms with E-state index in [1.807, 2.05) is 12.3 Å². The van der Waals surface area contributed by atoms with Crippen molar-refractivity contribution in [2.45, 2.75) is 46.1 Å². The van der Waals surface area contributed by atoms with Crippen LogP contribution < -0.4 is 4.90 Å². The molecule has 100 valence electrons. The standard InChI is InChI=1S/C15H24N2O/c1-12(18)14-6-5-13(11-16-14)17-9-4-7-15(2,3)8-10-17/h5-6,11-12,18H,4,7-10H2,1-3H3. The van der Waals surface area contributed by atoms with E-state index >= 15 is 0 Å². The lowest BCUT2D eigenvalue weighted by molar-refractivity contribution is 0.194. The van der Waals surface area contributed by atoms with Crippen molar-refractivity contribution in [1.29, 1.82) is 0 Å². The molecule has 0 saturated carbocycles. The van der Waals surface area contributed by atoms with Gasteiger partial charge in [-0.25, -0.2) is 0 Å². The van der Waals surface area contributed by atoms with E-state index in [1.54, 1.807) is 6.92 Å². The van der Waals surface area contributed by atoms with E-state index in [-0.39, 0.29) is 0 Å². The molecule has 1 saturated heterocycles. The van der Waals surface area contributed by atoms with E-state index in [2.05, 4.69) is 29.8 Å². The molecular weight excluding hydrogens is 224 g/mol. The number of aliphatic hydroxyl groups is 1. The fourth-order valence-corrected chi connectivity index (χ4v) is 2.51. The summed E-state index contributed by atoms with van der Waals surface area (Å²) in [5.74, 6) is 0. The fraction of sp³-hybridized carbons (Fsp3) is 0.667. The fourth-order valence-electron chi connectivity index (χ4n) is 2.51. The Bertz CT molecular complexity index is 384. The number of hydrogen-bond donors (Lipinski definition) is 1. The molecule has 18 heavy (non-hydrogen) atoms. The van der Waals surface area contributed by atoms with Crippen molar-refractivity contribution in [3.63, 3.8) is 0 Å². The van der Waals surface area contributed by atoms with Crippen molar-refractivity contribution in [2.75, 3.05) is 18.0 Å². The predicted octanol–water partition coefficient (Wildman–Crippen LogP) is 3.15. The van der Waals surface area contributed by atoms with Crippen LogP contribution in [-0.4, -0.2) is 23.2 Å². The number of rotatable bonds is 2. The minimum Gasteiger partial charge on any atom is -0.387 e. The Balaban J connectivity index is 2.07. The van der Waals surface area contributed by atoms with E-state index in [9.17, 15) is 5.11 Å². The first-order valence-electron chi connectivity index (χ1n) is 6.87. The maximum atomic E-state index is 9.46. The van der Waals surface area contributed by atoms with Crippen LogP contribution in [0.25, 0.3) is 0 Å². The summed E-state index contributed by atoms with van der Waals surface area (Å²) in [5, 5.41) is 9.46. The number of aromatic nitrogens is 1. The van der Waals surface area contributed by atoms with Gasteiger partial charge < -0.3 is 10.0 Å². The summed E-state index contributed by atoms with van der Waals surface area (Å²) in [6.07, 6.45) is 5.17. The first kappa shape index (κ1) is 13.3. The maximum Gasteiger partial charge on any atom is 0.0931 e. The van der Waals surface area contributed by atoms with Crippen molar-refractivity contribution in [1.82, 2.24) is 4.98 Å². The Morgan fingerprint density at radius 2 is 2.06 bits per heavy atom. The average molecular weight is 248 g/mol. The molecular formula is C15H24N2O. The second-order valence-corrected chi connectivity index (χ2v) is 6.12. The largest absolute Gasteiger partial charge is 0.387 e. The molecule has 0 radical (unpaired) electrons. The van der Waals surface area contributed by atoms with Crippen LogP contribution in [0.15, 0.2) is 18.3 Å². The quantitative estimate of drug-likeness (QED) is 0.873. The molecule has 1 aromatic rings. The summed E-state index contributed by atoms with van der Waals surface area (Å²) < 4.78 is 0. The lowest BCUT2D eigenvalue weighted by Gasteiger charge is -2.24. The van der Waals surface area contributed by atoms with Gasteiger partial charge in [0.2, 0.25) is 0 Å². The minimum atomic E-state index is -0.484. The summed E-state index contributed by atoms with van der Waals surface area (Å²) >= 11 is 0. The van der Waals surface area contributed by atoms with E-state index in [0.29, 0.717) is 5.41 Å². The monoisotopic (exact) mass is 248 g/mol. The van der Waals surface area contributed by atoms with Gasteiger partial charge in [0.25, 0.3) is 0 Å². The summed E-state index contributed by atoms with van der Waals surface area (Å²) in [4.78, 5) is 6.74. The number of pyridine rings is 1. The number of anilines is 1. The highest BCUT2D eigenvalue weighted by Gasteiger charge is 2.23. The van der Waals surface area contributed by atoms with Gasteiger partial charge in [-0.15, -0.1) is 0 Å². The van der Waals surface area contributed by atoms with Crippen molar-refractivity contribution in [2.24, 2.45) is 5.41 Å². The van der Waals surface area contributed by atoms with Crippen LogP contribution in [0.1, 0.15) is 51.8 Å². The molecule has 0 bridgehead atoms. The lowest BCUT2D eigenvalue weighted by atomic mass is 9.85. The normalized spacial score (nSPS) is 21.4.